The molecule has 3 aliphatic heterocycles. The third-order valence-corrected chi connectivity index (χ3v) is 4.06. The average molecular weight is 363 g/mol. The molecule has 3 heterocycles. The Labute approximate surface area is 138 Å². The van der Waals surface area contributed by atoms with Gasteiger partial charge in [-0.1, -0.05) is 12.2 Å². The fourth-order valence-electron chi connectivity index (χ4n) is 2.49. The van der Waals surface area contributed by atoms with Crippen LogP contribution in [0.3, 0.4) is 0 Å². The van der Waals surface area contributed by atoms with Crippen molar-refractivity contribution in [2.45, 2.75) is 30.6 Å². The first-order valence-electron chi connectivity index (χ1n) is 6.82. The molecule has 0 bridgehead atoms. The van der Waals surface area contributed by atoms with Crippen LogP contribution in [0.2, 0.25) is 0 Å². The molecule has 1 saturated heterocycles. The Kier molecular flexibility index (Phi) is 4.30. The maximum atomic E-state index is 12.7. The fraction of sp³-hybridized carbons (Fsp3) is 0.462. The molecule has 0 aromatic heterocycles. The van der Waals surface area contributed by atoms with Gasteiger partial charge in [-0.05, 0) is 6.07 Å². The largest absolute Gasteiger partial charge is 0.432 e. The minimum atomic E-state index is -4.60. The first kappa shape index (κ1) is 17.2. The Hall–Kier alpha value is -1.66. The Balaban J connectivity index is 2.04. The van der Waals surface area contributed by atoms with E-state index in [-0.39, 0.29) is 21.7 Å². The van der Waals surface area contributed by atoms with E-state index in [1.807, 2.05) is 0 Å². The number of nitrogens with one attached hydrogen (secondary N) is 1. The van der Waals surface area contributed by atoms with E-state index in [4.69, 9.17) is 22.1 Å². The smallest absolute Gasteiger partial charge is 0.394 e. The van der Waals surface area contributed by atoms with Gasteiger partial charge in [0.2, 0.25) is 0 Å². The van der Waals surface area contributed by atoms with Gasteiger partial charge in [-0.2, -0.15) is 13.2 Å². The van der Waals surface area contributed by atoms with Gasteiger partial charge in [0.25, 0.3) is 0 Å². The molecule has 0 amide bonds. The summed E-state index contributed by atoms with van der Waals surface area (Å²) >= 11 is 5.04. The van der Waals surface area contributed by atoms with E-state index in [0.29, 0.717) is 6.20 Å². The summed E-state index contributed by atoms with van der Waals surface area (Å²) in [6, 6.07) is 1.34. The highest BCUT2D eigenvalue weighted by atomic mass is 32.1. The summed E-state index contributed by atoms with van der Waals surface area (Å²) in [4.78, 5) is 9.67. The van der Waals surface area contributed by atoms with Crippen LogP contribution in [0, 0.1) is 4.64 Å². The predicted molar refractivity (Wildman–Crippen MR) is 75.6 cm³/mol. The molecule has 0 radical (unpaired) electrons. The normalized spacial score (nSPS) is 27.8. The van der Waals surface area contributed by atoms with Gasteiger partial charge < -0.3 is 25.0 Å². The molecule has 1 fully saturated rings. The van der Waals surface area contributed by atoms with Gasteiger partial charge in [-0.25, -0.2) is 4.98 Å². The number of fused-ring (bicyclic) bond motifs is 1. The number of nitrogens with zero attached hydrogens (tertiary/aromatic N) is 2. The first-order valence-corrected chi connectivity index (χ1v) is 7.23. The predicted octanol–water partition coefficient (Wildman–Crippen LogP) is 0.812. The van der Waals surface area contributed by atoms with Crippen LogP contribution >= 0.6 is 12.2 Å². The molecule has 0 aliphatic carbocycles. The van der Waals surface area contributed by atoms with Gasteiger partial charge in [0.1, 0.15) is 40.4 Å². The Morgan fingerprint density at radius 1 is 1.29 bits per heavy atom. The summed E-state index contributed by atoms with van der Waals surface area (Å²) in [6.45, 7) is -0.510. The summed E-state index contributed by atoms with van der Waals surface area (Å²) in [5.74, 6) is -0.162. The fourth-order valence-corrected chi connectivity index (χ4v) is 2.76. The highest BCUT2D eigenvalue weighted by molar-refractivity contribution is 7.71. The molecule has 0 aromatic carbocycles. The molecule has 130 valence electrons. The highest BCUT2D eigenvalue weighted by Gasteiger charge is 2.44. The van der Waals surface area contributed by atoms with E-state index < -0.39 is 42.9 Å². The average Bonchev–Trinajstić information content (AvgIpc) is 2.80. The second-order valence-electron chi connectivity index (χ2n) is 5.30. The van der Waals surface area contributed by atoms with Crippen molar-refractivity contribution in [3.8, 4) is 11.5 Å². The molecule has 3 aliphatic rings. The lowest BCUT2D eigenvalue weighted by Crippen LogP contribution is -2.32. The molecule has 4 N–H and O–H groups in total. The van der Waals surface area contributed by atoms with E-state index >= 15 is 0 Å². The number of aromatic amines is 1. The van der Waals surface area contributed by atoms with Gasteiger partial charge in [-0.15, -0.1) is 0 Å². The maximum Gasteiger partial charge on any atom is 0.432 e. The number of hydrogen-bond donors (Lipinski definition) is 4. The van der Waals surface area contributed by atoms with Crippen LogP contribution in [-0.4, -0.2) is 55.2 Å². The van der Waals surface area contributed by atoms with E-state index in [0.717, 1.165) is 0 Å². The second-order valence-corrected chi connectivity index (χ2v) is 5.69. The Morgan fingerprint density at radius 2 is 2.00 bits per heavy atom. The highest BCUT2D eigenvalue weighted by Crippen LogP contribution is 2.36. The molecule has 1 unspecified atom stereocenters. The molecular weight excluding hydrogens is 351 g/mol. The third kappa shape index (κ3) is 2.89. The number of aliphatic hydroxyl groups excluding tert-OH is 3. The van der Waals surface area contributed by atoms with Crippen molar-refractivity contribution in [1.82, 2.24) is 15.0 Å². The zero-order valence-corrected chi connectivity index (χ0v) is 12.7. The number of aromatic nitrogens is 3. The SMILES string of the molecule is OC[C@H]1O[C@@H](c2cc3ncc(C(F)(F)F)[nH]c-3nc2=S)[C@@H](O)C1O. The van der Waals surface area contributed by atoms with Crippen molar-refractivity contribution in [2.24, 2.45) is 0 Å². The number of pyridine rings is 1. The number of alkyl halides is 3. The minimum absolute atomic E-state index is 0.0874. The lowest BCUT2D eigenvalue weighted by molar-refractivity contribution is -0.141. The van der Waals surface area contributed by atoms with Gasteiger partial charge in [0.15, 0.2) is 5.82 Å². The van der Waals surface area contributed by atoms with Crippen molar-refractivity contribution >= 4 is 12.2 Å². The Morgan fingerprint density at radius 3 is 2.58 bits per heavy atom. The topological polar surface area (TPSA) is 111 Å². The summed E-state index contributed by atoms with van der Waals surface area (Å²) in [5.41, 5.74) is -0.789. The lowest BCUT2D eigenvalue weighted by Gasteiger charge is -2.17. The van der Waals surface area contributed by atoms with Crippen molar-refractivity contribution in [2.75, 3.05) is 6.61 Å². The van der Waals surface area contributed by atoms with Gasteiger partial charge in [-0.3, -0.25) is 4.98 Å². The van der Waals surface area contributed by atoms with Crippen molar-refractivity contribution in [1.29, 1.82) is 0 Å². The van der Waals surface area contributed by atoms with Gasteiger partial charge in [0, 0.05) is 5.56 Å². The van der Waals surface area contributed by atoms with Crippen LogP contribution < -0.4 is 0 Å². The number of H-pyrrole nitrogens is 1. The van der Waals surface area contributed by atoms with Crippen LogP contribution in [0.1, 0.15) is 17.4 Å². The van der Waals surface area contributed by atoms with Crippen LogP contribution in [-0.2, 0) is 10.9 Å². The lowest BCUT2D eigenvalue weighted by atomic mass is 10.0. The molecular formula is C13H12F3N3O4S. The van der Waals surface area contributed by atoms with Crippen LogP contribution in [0.5, 0.6) is 0 Å². The molecule has 4 atom stereocenters. The quantitative estimate of drug-likeness (QED) is 0.584. The first-order chi connectivity index (χ1) is 11.2. The number of ether oxygens (including phenoxy) is 1. The molecule has 7 nitrogen and oxygen atoms in total. The van der Waals surface area contributed by atoms with Gasteiger partial charge in [0.05, 0.1) is 12.8 Å². The zero-order valence-electron chi connectivity index (χ0n) is 11.9. The standard InChI is InChI=1S/C13H12F3N3O4S/c14-13(15,16)7-2-17-5-1-4(12(24)19-11(5)18-7)10-9(22)8(21)6(3-20)23-10/h1-2,6,8-10,20-22H,3H2,(H,18,19,24)/t6-,8?,9+,10+/m1/s1. The van der Waals surface area contributed by atoms with Crippen LogP contribution in [0.15, 0.2) is 12.3 Å². The Bertz CT molecular complexity index is 784. The number of halogens is 3. The van der Waals surface area contributed by atoms with E-state index in [1.165, 1.54) is 6.07 Å². The molecule has 0 saturated carbocycles. The third-order valence-electron chi connectivity index (χ3n) is 3.74. The summed E-state index contributed by atoms with van der Waals surface area (Å²) < 4.78 is 43.3. The molecule has 24 heavy (non-hydrogen) atoms. The maximum absolute atomic E-state index is 12.7. The molecule has 0 aromatic rings. The molecule has 11 heteroatoms. The van der Waals surface area contributed by atoms with Crippen LogP contribution in [0.25, 0.3) is 11.5 Å². The van der Waals surface area contributed by atoms with Crippen LogP contribution in [0.4, 0.5) is 13.2 Å². The summed E-state index contributed by atoms with van der Waals surface area (Å²) in [7, 11) is 0. The monoisotopic (exact) mass is 363 g/mol. The van der Waals surface area contributed by atoms with Crippen molar-refractivity contribution in [3.63, 3.8) is 0 Å². The molecule has 3 rings (SSSR count). The summed E-state index contributed by atoms with van der Waals surface area (Å²) in [5, 5.41) is 28.9. The zero-order chi connectivity index (χ0) is 17.6. The van der Waals surface area contributed by atoms with Gasteiger partial charge >= 0.3 is 6.18 Å². The number of hydrogen-bond acceptors (Lipinski definition) is 7. The second kappa shape index (κ2) is 6.01. The van der Waals surface area contributed by atoms with Crippen molar-refractivity contribution < 1.29 is 33.2 Å². The van der Waals surface area contributed by atoms with E-state index in [9.17, 15) is 23.4 Å². The minimum Gasteiger partial charge on any atom is -0.394 e. The number of rotatable bonds is 2. The van der Waals surface area contributed by atoms with E-state index in [1.54, 1.807) is 0 Å². The van der Waals surface area contributed by atoms with Crippen molar-refractivity contribution in [3.05, 3.63) is 28.2 Å². The van der Waals surface area contributed by atoms with E-state index in [2.05, 4.69) is 15.0 Å². The molecule has 0 spiro atoms. The summed E-state index contributed by atoms with van der Waals surface area (Å²) in [6.07, 6.45) is -8.73. The number of aliphatic hydroxyl groups is 3.